The first-order chi connectivity index (χ1) is 8.07. The van der Waals surface area contributed by atoms with E-state index in [1.54, 1.807) is 0 Å². The molecule has 0 radical (unpaired) electrons. The molecule has 3 nitrogen and oxygen atoms in total. The van der Waals surface area contributed by atoms with Crippen molar-refractivity contribution in [1.29, 1.82) is 0 Å². The minimum Gasteiger partial charge on any atom is -0.310 e. The Hall–Kier alpha value is -0.930. The first-order valence-electron chi connectivity index (χ1n) is 6.45. The van der Waals surface area contributed by atoms with Crippen LogP contribution in [0.4, 0.5) is 0 Å². The summed E-state index contributed by atoms with van der Waals surface area (Å²) in [6, 6.07) is 4.80. The first kappa shape index (κ1) is 12.5. The highest BCUT2D eigenvalue weighted by Crippen LogP contribution is 2.17. The van der Waals surface area contributed by atoms with Gasteiger partial charge in [0.25, 0.3) is 0 Å². The molecular weight excluding hydrogens is 210 g/mol. The van der Waals surface area contributed by atoms with E-state index in [9.17, 15) is 0 Å². The van der Waals surface area contributed by atoms with Gasteiger partial charge in [-0.15, -0.1) is 0 Å². The maximum atomic E-state index is 4.19. The van der Waals surface area contributed by atoms with Crippen molar-refractivity contribution in [1.82, 2.24) is 15.2 Å². The average molecular weight is 233 g/mol. The summed E-state index contributed by atoms with van der Waals surface area (Å²) in [6.45, 7) is 10.1. The summed E-state index contributed by atoms with van der Waals surface area (Å²) in [4.78, 5) is 6.75. The molecule has 2 rings (SSSR count). The van der Waals surface area contributed by atoms with Crippen molar-refractivity contribution in [2.45, 2.75) is 45.3 Å². The highest BCUT2D eigenvalue weighted by atomic mass is 15.2. The predicted octanol–water partition coefficient (Wildman–Crippen LogP) is 2.04. The smallest absolute Gasteiger partial charge is 0.0312 e. The van der Waals surface area contributed by atoms with Crippen LogP contribution < -0.4 is 5.32 Å². The molecule has 0 bridgehead atoms. The summed E-state index contributed by atoms with van der Waals surface area (Å²) < 4.78 is 0. The van der Waals surface area contributed by atoms with Crippen molar-refractivity contribution in [3.05, 3.63) is 30.1 Å². The molecule has 3 heteroatoms. The van der Waals surface area contributed by atoms with E-state index in [4.69, 9.17) is 0 Å². The summed E-state index contributed by atoms with van der Waals surface area (Å²) in [5.74, 6) is 0. The SMILES string of the molecule is CC1CCNC(C)(C)CN1Cc1cccnc1. The monoisotopic (exact) mass is 233 g/mol. The summed E-state index contributed by atoms with van der Waals surface area (Å²) >= 11 is 0. The van der Waals surface area contributed by atoms with E-state index in [-0.39, 0.29) is 5.54 Å². The molecular formula is C14H23N3. The minimum absolute atomic E-state index is 0.201. The minimum atomic E-state index is 0.201. The number of hydrogen-bond donors (Lipinski definition) is 1. The van der Waals surface area contributed by atoms with E-state index in [2.05, 4.69) is 42.0 Å². The predicted molar refractivity (Wildman–Crippen MR) is 70.8 cm³/mol. The third-order valence-corrected chi connectivity index (χ3v) is 3.50. The van der Waals surface area contributed by atoms with Gasteiger partial charge in [-0.1, -0.05) is 6.07 Å². The second-order valence-corrected chi connectivity index (χ2v) is 5.71. The second kappa shape index (κ2) is 5.15. The molecule has 0 amide bonds. The zero-order valence-corrected chi connectivity index (χ0v) is 11.1. The number of hydrogen-bond acceptors (Lipinski definition) is 3. The third-order valence-electron chi connectivity index (χ3n) is 3.50. The molecule has 1 saturated heterocycles. The van der Waals surface area contributed by atoms with Gasteiger partial charge in [-0.3, -0.25) is 9.88 Å². The van der Waals surface area contributed by atoms with E-state index in [0.717, 1.165) is 19.6 Å². The van der Waals surface area contributed by atoms with Gasteiger partial charge in [-0.2, -0.15) is 0 Å². The summed E-state index contributed by atoms with van der Waals surface area (Å²) in [7, 11) is 0. The fraction of sp³-hybridized carbons (Fsp3) is 0.643. The molecule has 1 aromatic rings. The van der Waals surface area contributed by atoms with Gasteiger partial charge in [0.2, 0.25) is 0 Å². The number of nitrogens with one attached hydrogen (secondary N) is 1. The van der Waals surface area contributed by atoms with E-state index < -0.39 is 0 Å². The van der Waals surface area contributed by atoms with Crippen LogP contribution in [-0.2, 0) is 6.54 Å². The zero-order valence-electron chi connectivity index (χ0n) is 11.1. The number of nitrogens with zero attached hydrogens (tertiary/aromatic N) is 2. The molecule has 17 heavy (non-hydrogen) atoms. The standard InChI is InChI=1S/C14H23N3/c1-12-6-8-16-14(2,3)11-17(12)10-13-5-4-7-15-9-13/h4-5,7,9,12,16H,6,8,10-11H2,1-3H3. The Balaban J connectivity index is 2.07. The van der Waals surface area contributed by atoms with Crippen LogP contribution in [0.5, 0.6) is 0 Å². The van der Waals surface area contributed by atoms with Crippen LogP contribution in [0.15, 0.2) is 24.5 Å². The van der Waals surface area contributed by atoms with Crippen molar-refractivity contribution in [3.8, 4) is 0 Å². The van der Waals surface area contributed by atoms with Gasteiger partial charge in [0.1, 0.15) is 0 Å². The van der Waals surface area contributed by atoms with Gasteiger partial charge in [0.15, 0.2) is 0 Å². The Bertz CT molecular complexity index is 348. The van der Waals surface area contributed by atoms with Gasteiger partial charge < -0.3 is 5.32 Å². The third kappa shape index (κ3) is 3.51. The Morgan fingerprint density at radius 2 is 2.35 bits per heavy atom. The topological polar surface area (TPSA) is 28.2 Å². The Morgan fingerprint density at radius 1 is 1.53 bits per heavy atom. The molecule has 0 aromatic carbocycles. The van der Waals surface area contributed by atoms with Crippen LogP contribution in [0.1, 0.15) is 32.8 Å². The van der Waals surface area contributed by atoms with Gasteiger partial charge in [-0.25, -0.2) is 0 Å². The molecule has 1 aromatic heterocycles. The molecule has 1 aliphatic heterocycles. The Kier molecular flexibility index (Phi) is 3.79. The summed E-state index contributed by atoms with van der Waals surface area (Å²) in [5.41, 5.74) is 1.50. The largest absolute Gasteiger partial charge is 0.310 e. The second-order valence-electron chi connectivity index (χ2n) is 5.71. The molecule has 94 valence electrons. The van der Waals surface area contributed by atoms with Gasteiger partial charge >= 0.3 is 0 Å². The maximum Gasteiger partial charge on any atom is 0.0312 e. The average Bonchev–Trinajstić information content (AvgIpc) is 2.40. The molecule has 0 spiro atoms. The van der Waals surface area contributed by atoms with E-state index >= 15 is 0 Å². The van der Waals surface area contributed by atoms with Crippen molar-refractivity contribution in [3.63, 3.8) is 0 Å². The summed E-state index contributed by atoms with van der Waals surface area (Å²) in [6.07, 6.45) is 5.02. The molecule has 1 N–H and O–H groups in total. The van der Waals surface area contributed by atoms with Crippen molar-refractivity contribution in [2.24, 2.45) is 0 Å². The quantitative estimate of drug-likeness (QED) is 0.847. The summed E-state index contributed by atoms with van der Waals surface area (Å²) in [5, 5.41) is 3.61. The lowest BCUT2D eigenvalue weighted by Crippen LogP contribution is -2.47. The van der Waals surface area contributed by atoms with Crippen molar-refractivity contribution >= 4 is 0 Å². The van der Waals surface area contributed by atoms with Crippen LogP contribution in [-0.4, -0.2) is 34.6 Å². The number of rotatable bonds is 2. The van der Waals surface area contributed by atoms with Crippen molar-refractivity contribution < 1.29 is 0 Å². The van der Waals surface area contributed by atoms with Crippen molar-refractivity contribution in [2.75, 3.05) is 13.1 Å². The van der Waals surface area contributed by atoms with Gasteiger partial charge in [-0.05, 0) is 45.4 Å². The number of aromatic nitrogens is 1. The zero-order chi connectivity index (χ0) is 12.3. The molecule has 2 heterocycles. The van der Waals surface area contributed by atoms with Gasteiger partial charge in [0.05, 0.1) is 0 Å². The van der Waals surface area contributed by atoms with Crippen LogP contribution in [0.25, 0.3) is 0 Å². The molecule has 1 fully saturated rings. The highest BCUT2D eigenvalue weighted by Gasteiger charge is 2.27. The lowest BCUT2D eigenvalue weighted by Gasteiger charge is -2.32. The molecule has 1 aliphatic rings. The van der Waals surface area contributed by atoms with Gasteiger partial charge in [0, 0.05) is 37.1 Å². The molecule has 0 aliphatic carbocycles. The lowest BCUT2D eigenvalue weighted by molar-refractivity contribution is 0.173. The fourth-order valence-corrected chi connectivity index (χ4v) is 2.46. The Morgan fingerprint density at radius 3 is 3.06 bits per heavy atom. The van der Waals surface area contributed by atoms with Crippen LogP contribution in [0.2, 0.25) is 0 Å². The van der Waals surface area contributed by atoms with Crippen LogP contribution in [0, 0.1) is 0 Å². The normalized spacial score (nSPS) is 25.5. The van der Waals surface area contributed by atoms with Crippen LogP contribution >= 0.6 is 0 Å². The molecule has 0 saturated carbocycles. The highest BCUT2D eigenvalue weighted by molar-refractivity contribution is 5.09. The van der Waals surface area contributed by atoms with Crippen LogP contribution in [0.3, 0.4) is 0 Å². The maximum absolute atomic E-state index is 4.19. The van der Waals surface area contributed by atoms with E-state index in [1.807, 2.05) is 18.5 Å². The fourth-order valence-electron chi connectivity index (χ4n) is 2.46. The molecule has 1 atom stereocenters. The van der Waals surface area contributed by atoms with E-state index in [1.165, 1.54) is 12.0 Å². The Labute approximate surface area is 104 Å². The lowest BCUT2D eigenvalue weighted by atomic mass is 10.0. The number of pyridine rings is 1. The van der Waals surface area contributed by atoms with E-state index in [0.29, 0.717) is 6.04 Å². The molecule has 1 unspecified atom stereocenters. The first-order valence-corrected chi connectivity index (χ1v) is 6.45.